The van der Waals surface area contributed by atoms with E-state index in [1.807, 2.05) is 25.1 Å². The average molecular weight is 248 g/mol. The van der Waals surface area contributed by atoms with Gasteiger partial charge in [-0.3, -0.25) is 4.21 Å². The van der Waals surface area contributed by atoms with Crippen LogP contribution in [0.5, 0.6) is 0 Å². The summed E-state index contributed by atoms with van der Waals surface area (Å²) in [6.45, 7) is 2.03. The molecule has 2 rings (SSSR count). The lowest BCUT2D eigenvalue weighted by molar-refractivity contribution is 0.624. The van der Waals surface area contributed by atoms with Gasteiger partial charge in [-0.05, 0) is 37.5 Å². The van der Waals surface area contributed by atoms with E-state index in [0.717, 1.165) is 35.6 Å². The number of hydrogen-bond acceptors (Lipinski definition) is 3. The van der Waals surface area contributed by atoms with Crippen LogP contribution in [0.2, 0.25) is 0 Å². The van der Waals surface area contributed by atoms with Crippen LogP contribution in [0.3, 0.4) is 0 Å². The van der Waals surface area contributed by atoms with Gasteiger partial charge in [0.15, 0.2) is 0 Å². The van der Waals surface area contributed by atoms with Crippen LogP contribution in [0.25, 0.3) is 0 Å². The second-order valence-corrected chi connectivity index (χ2v) is 6.10. The second kappa shape index (κ2) is 5.33. The zero-order chi connectivity index (χ0) is 12.3. The number of benzene rings is 1. The van der Waals surface area contributed by atoms with Crippen LogP contribution in [0.4, 0.5) is 5.69 Å². The van der Waals surface area contributed by atoms with E-state index in [4.69, 9.17) is 5.26 Å². The highest BCUT2D eigenvalue weighted by Gasteiger charge is 2.18. The molecular formula is C13H16N2OS. The molecular weight excluding hydrogens is 232 g/mol. The normalized spacial score (nSPS) is 24.0. The number of rotatable bonds is 2. The lowest BCUT2D eigenvalue weighted by Crippen LogP contribution is -2.29. The third kappa shape index (κ3) is 3.07. The number of nitrogens with zero attached hydrogens (tertiary/aromatic N) is 1. The topological polar surface area (TPSA) is 52.9 Å². The Morgan fingerprint density at radius 3 is 2.76 bits per heavy atom. The van der Waals surface area contributed by atoms with E-state index in [1.54, 1.807) is 0 Å². The molecule has 0 saturated carbocycles. The smallest absolute Gasteiger partial charge is 0.0992 e. The molecule has 17 heavy (non-hydrogen) atoms. The lowest BCUT2D eigenvalue weighted by atomic mass is 10.1. The fourth-order valence-electron chi connectivity index (χ4n) is 2.01. The number of anilines is 1. The highest BCUT2D eigenvalue weighted by atomic mass is 32.2. The first kappa shape index (κ1) is 12.1. The van der Waals surface area contributed by atoms with E-state index in [1.165, 1.54) is 0 Å². The van der Waals surface area contributed by atoms with Crippen molar-refractivity contribution in [2.24, 2.45) is 0 Å². The summed E-state index contributed by atoms with van der Waals surface area (Å²) < 4.78 is 11.3. The summed E-state index contributed by atoms with van der Waals surface area (Å²) in [5, 5.41) is 12.3. The van der Waals surface area contributed by atoms with E-state index in [2.05, 4.69) is 11.4 Å². The molecule has 0 amide bonds. The van der Waals surface area contributed by atoms with Gasteiger partial charge < -0.3 is 5.32 Å². The quantitative estimate of drug-likeness (QED) is 0.873. The maximum atomic E-state index is 11.3. The summed E-state index contributed by atoms with van der Waals surface area (Å²) in [5.41, 5.74) is 2.86. The predicted octanol–water partition coefficient (Wildman–Crippen LogP) is 2.19. The summed E-state index contributed by atoms with van der Waals surface area (Å²) in [5.74, 6) is 1.57. The van der Waals surface area contributed by atoms with E-state index < -0.39 is 10.8 Å². The molecule has 1 aromatic carbocycles. The molecule has 1 N–H and O–H groups in total. The molecule has 90 valence electrons. The van der Waals surface area contributed by atoms with Crippen molar-refractivity contribution >= 4 is 16.5 Å². The third-order valence-corrected chi connectivity index (χ3v) is 4.50. The Morgan fingerprint density at radius 2 is 2.12 bits per heavy atom. The van der Waals surface area contributed by atoms with E-state index in [-0.39, 0.29) is 0 Å². The van der Waals surface area contributed by atoms with Crippen molar-refractivity contribution < 1.29 is 4.21 Å². The van der Waals surface area contributed by atoms with Crippen LogP contribution in [-0.2, 0) is 10.8 Å². The van der Waals surface area contributed by atoms with Crippen molar-refractivity contribution in [3.8, 4) is 6.07 Å². The zero-order valence-electron chi connectivity index (χ0n) is 9.90. The SMILES string of the molecule is Cc1ccc(C#N)cc1NC1CCS(=O)CC1. The van der Waals surface area contributed by atoms with Crippen LogP contribution >= 0.6 is 0 Å². The Bertz CT molecular complexity index is 469. The molecule has 1 aliphatic rings. The highest BCUT2D eigenvalue weighted by molar-refractivity contribution is 7.85. The van der Waals surface area contributed by atoms with Crippen molar-refractivity contribution in [3.63, 3.8) is 0 Å². The molecule has 0 unspecified atom stereocenters. The third-order valence-electron chi connectivity index (χ3n) is 3.11. The Balaban J connectivity index is 2.08. The Kier molecular flexibility index (Phi) is 3.80. The van der Waals surface area contributed by atoms with Gasteiger partial charge in [-0.15, -0.1) is 0 Å². The monoisotopic (exact) mass is 248 g/mol. The number of nitriles is 1. The molecule has 0 spiro atoms. The van der Waals surface area contributed by atoms with Gasteiger partial charge in [0, 0.05) is 34.0 Å². The van der Waals surface area contributed by atoms with E-state index >= 15 is 0 Å². The summed E-state index contributed by atoms with van der Waals surface area (Å²) in [6.07, 6.45) is 1.89. The van der Waals surface area contributed by atoms with Crippen molar-refractivity contribution in [1.29, 1.82) is 5.26 Å². The van der Waals surface area contributed by atoms with Gasteiger partial charge in [-0.1, -0.05) is 6.07 Å². The van der Waals surface area contributed by atoms with Crippen LogP contribution in [0.1, 0.15) is 24.0 Å². The minimum Gasteiger partial charge on any atom is -0.382 e. The minimum atomic E-state index is -0.623. The first-order chi connectivity index (χ1) is 8.19. The van der Waals surface area contributed by atoms with Crippen molar-refractivity contribution in [3.05, 3.63) is 29.3 Å². The number of hydrogen-bond donors (Lipinski definition) is 1. The highest BCUT2D eigenvalue weighted by Crippen LogP contribution is 2.21. The molecule has 1 fully saturated rings. The summed E-state index contributed by atoms with van der Waals surface area (Å²) >= 11 is 0. The molecule has 1 aromatic rings. The predicted molar refractivity (Wildman–Crippen MR) is 70.4 cm³/mol. The molecule has 0 radical (unpaired) electrons. The molecule has 4 heteroatoms. The van der Waals surface area contributed by atoms with Crippen LogP contribution in [0.15, 0.2) is 18.2 Å². The van der Waals surface area contributed by atoms with Crippen molar-refractivity contribution in [2.45, 2.75) is 25.8 Å². The fraction of sp³-hybridized carbons (Fsp3) is 0.462. The molecule has 1 aliphatic heterocycles. The molecule has 0 aromatic heterocycles. The molecule has 1 saturated heterocycles. The Morgan fingerprint density at radius 1 is 1.41 bits per heavy atom. The molecule has 3 nitrogen and oxygen atoms in total. The lowest BCUT2D eigenvalue weighted by Gasteiger charge is -2.24. The van der Waals surface area contributed by atoms with Gasteiger partial charge in [-0.25, -0.2) is 0 Å². The zero-order valence-corrected chi connectivity index (χ0v) is 10.7. The van der Waals surface area contributed by atoms with Gasteiger partial charge in [0.05, 0.1) is 11.6 Å². The van der Waals surface area contributed by atoms with Gasteiger partial charge >= 0.3 is 0 Å². The maximum absolute atomic E-state index is 11.3. The van der Waals surface area contributed by atoms with Gasteiger partial charge in [0.1, 0.15) is 0 Å². The molecule has 0 bridgehead atoms. The van der Waals surface area contributed by atoms with E-state index in [9.17, 15) is 4.21 Å². The van der Waals surface area contributed by atoms with Crippen molar-refractivity contribution in [2.75, 3.05) is 16.8 Å². The van der Waals surface area contributed by atoms with Gasteiger partial charge in [0.25, 0.3) is 0 Å². The van der Waals surface area contributed by atoms with Crippen LogP contribution < -0.4 is 5.32 Å². The second-order valence-electron chi connectivity index (χ2n) is 4.41. The molecule has 0 atom stereocenters. The average Bonchev–Trinajstić information content (AvgIpc) is 2.35. The largest absolute Gasteiger partial charge is 0.382 e. The van der Waals surface area contributed by atoms with Gasteiger partial charge in [-0.2, -0.15) is 5.26 Å². The summed E-state index contributed by atoms with van der Waals surface area (Å²) in [7, 11) is -0.623. The van der Waals surface area contributed by atoms with Crippen LogP contribution in [-0.4, -0.2) is 21.8 Å². The van der Waals surface area contributed by atoms with E-state index in [0.29, 0.717) is 11.6 Å². The molecule has 0 aliphatic carbocycles. The van der Waals surface area contributed by atoms with Crippen molar-refractivity contribution in [1.82, 2.24) is 0 Å². The Hall–Kier alpha value is -1.34. The standard InChI is InChI=1S/C13H16N2OS/c1-10-2-3-11(9-14)8-13(10)15-12-4-6-17(16)7-5-12/h2-3,8,12,15H,4-7H2,1H3. The van der Waals surface area contributed by atoms with Crippen LogP contribution in [0, 0.1) is 18.3 Å². The summed E-state index contributed by atoms with van der Waals surface area (Å²) in [6, 6.07) is 8.22. The maximum Gasteiger partial charge on any atom is 0.0992 e. The Labute approximate surface area is 104 Å². The molecule has 1 heterocycles. The van der Waals surface area contributed by atoms with Gasteiger partial charge in [0.2, 0.25) is 0 Å². The summed E-state index contributed by atoms with van der Waals surface area (Å²) in [4.78, 5) is 0. The first-order valence-electron chi connectivity index (χ1n) is 5.81. The minimum absolute atomic E-state index is 0.389. The fourth-order valence-corrected chi connectivity index (χ4v) is 3.30. The first-order valence-corrected chi connectivity index (χ1v) is 7.30. The number of aryl methyl sites for hydroxylation is 1. The number of nitrogens with one attached hydrogen (secondary N) is 1.